The number of aromatic nitrogens is 2. The molecule has 124 valence electrons. The minimum atomic E-state index is -2.54. The fraction of sp³-hybridized carbons (Fsp3) is 0.438. The van der Waals surface area contributed by atoms with Gasteiger partial charge in [-0.25, -0.2) is 18.7 Å². The average molecular weight is 323 g/mol. The van der Waals surface area contributed by atoms with E-state index in [1.54, 1.807) is 6.08 Å². The van der Waals surface area contributed by atoms with Crippen molar-refractivity contribution < 1.29 is 18.3 Å². The molecule has 1 amide bonds. The number of halogens is 2. The molecule has 0 aliphatic heterocycles. The van der Waals surface area contributed by atoms with Gasteiger partial charge >= 0.3 is 0 Å². The molecule has 23 heavy (non-hydrogen) atoms. The highest BCUT2D eigenvalue weighted by molar-refractivity contribution is 5.97. The van der Waals surface area contributed by atoms with E-state index in [0.717, 1.165) is 6.08 Å². The largest absolute Gasteiger partial charge is 0.493 e. The topological polar surface area (TPSA) is 64.1 Å². The maximum atomic E-state index is 13.2. The Morgan fingerprint density at radius 3 is 2.78 bits per heavy atom. The average Bonchev–Trinajstić information content (AvgIpc) is 2.54. The fourth-order valence-corrected chi connectivity index (χ4v) is 2.36. The molecule has 0 atom stereocenters. The molecule has 2 rings (SSSR count). The van der Waals surface area contributed by atoms with Gasteiger partial charge in [-0.2, -0.15) is 0 Å². The van der Waals surface area contributed by atoms with Crippen molar-refractivity contribution in [2.45, 2.75) is 31.6 Å². The molecule has 1 aliphatic carbocycles. The predicted molar refractivity (Wildman–Crippen MR) is 83.3 cm³/mol. The summed E-state index contributed by atoms with van der Waals surface area (Å²) in [6.07, 6.45) is 6.84. The molecule has 0 bridgehead atoms. The Balaban J connectivity index is 2.11. The van der Waals surface area contributed by atoms with Crippen LogP contribution in [0.4, 0.5) is 14.7 Å². The lowest BCUT2D eigenvalue weighted by Crippen LogP contribution is -2.23. The van der Waals surface area contributed by atoms with Crippen LogP contribution in [0.5, 0.6) is 5.75 Å². The molecule has 1 fully saturated rings. The zero-order valence-electron chi connectivity index (χ0n) is 12.9. The molecule has 0 radical (unpaired) electrons. The van der Waals surface area contributed by atoms with E-state index in [2.05, 4.69) is 21.9 Å². The van der Waals surface area contributed by atoms with Crippen molar-refractivity contribution in [3.8, 4) is 5.75 Å². The van der Waals surface area contributed by atoms with Gasteiger partial charge < -0.3 is 4.74 Å². The summed E-state index contributed by atoms with van der Waals surface area (Å²) in [6, 6.07) is 0. The number of hydrogen-bond donors (Lipinski definition) is 1. The summed E-state index contributed by atoms with van der Waals surface area (Å²) in [5.41, 5.74) is 0.485. The van der Waals surface area contributed by atoms with E-state index in [9.17, 15) is 13.6 Å². The van der Waals surface area contributed by atoms with E-state index >= 15 is 0 Å². The summed E-state index contributed by atoms with van der Waals surface area (Å²) < 4.78 is 31.5. The third kappa shape index (κ3) is 4.84. The number of allylic oxidation sites excluding steroid dienone is 1. The molecule has 0 spiro atoms. The van der Waals surface area contributed by atoms with E-state index in [1.807, 2.05) is 6.08 Å². The second-order valence-electron chi connectivity index (χ2n) is 5.39. The number of amides is 1. The lowest BCUT2D eigenvalue weighted by molar-refractivity contribution is -0.111. The highest BCUT2D eigenvalue weighted by Crippen LogP contribution is 2.37. The maximum Gasteiger partial charge on any atom is 0.250 e. The zero-order valence-corrected chi connectivity index (χ0v) is 12.9. The van der Waals surface area contributed by atoms with Crippen LogP contribution < -0.4 is 10.1 Å². The minimum Gasteiger partial charge on any atom is -0.493 e. The first-order chi connectivity index (χ1) is 10.9. The molecule has 5 nitrogen and oxygen atoms in total. The van der Waals surface area contributed by atoms with Gasteiger partial charge in [0.1, 0.15) is 5.69 Å². The molecule has 1 aliphatic rings. The van der Waals surface area contributed by atoms with Crippen LogP contribution in [0.15, 0.2) is 24.9 Å². The predicted octanol–water partition coefficient (Wildman–Crippen LogP) is 3.45. The van der Waals surface area contributed by atoms with Gasteiger partial charge in [0.2, 0.25) is 17.8 Å². The summed E-state index contributed by atoms with van der Waals surface area (Å²) in [6.45, 7) is 3.35. The number of carbonyl (C=O) groups is 1. The summed E-state index contributed by atoms with van der Waals surface area (Å²) in [4.78, 5) is 19.4. The van der Waals surface area contributed by atoms with E-state index < -0.39 is 11.8 Å². The zero-order chi connectivity index (χ0) is 16.9. The number of anilines is 1. The van der Waals surface area contributed by atoms with Gasteiger partial charge in [-0.15, -0.1) is 0 Å². The van der Waals surface area contributed by atoms with Gasteiger partial charge in [0, 0.05) is 12.8 Å². The summed E-state index contributed by atoms with van der Waals surface area (Å²) in [7, 11) is 1.49. The van der Waals surface area contributed by atoms with Gasteiger partial charge in [-0.05, 0) is 30.9 Å². The second kappa shape index (κ2) is 7.30. The number of rotatable bonds is 5. The molecule has 1 heterocycles. The van der Waals surface area contributed by atoms with Crippen LogP contribution >= 0.6 is 0 Å². The van der Waals surface area contributed by atoms with E-state index in [0.29, 0.717) is 24.3 Å². The number of nitrogens with one attached hydrogen (secondary N) is 1. The quantitative estimate of drug-likeness (QED) is 0.843. The Bertz CT molecular complexity index is 607. The Morgan fingerprint density at radius 2 is 2.17 bits per heavy atom. The number of ether oxygens (including phenoxy) is 1. The van der Waals surface area contributed by atoms with Crippen molar-refractivity contribution in [3.05, 3.63) is 30.6 Å². The normalized spacial score (nSPS) is 17.9. The van der Waals surface area contributed by atoms with Crippen LogP contribution in [0.3, 0.4) is 0 Å². The summed E-state index contributed by atoms with van der Waals surface area (Å²) >= 11 is 0. The number of alkyl halides is 2. The van der Waals surface area contributed by atoms with Gasteiger partial charge in [0.15, 0.2) is 5.75 Å². The lowest BCUT2D eigenvalue weighted by Gasteiger charge is -2.26. The third-order valence-corrected chi connectivity index (χ3v) is 3.71. The molecular weight excluding hydrogens is 304 g/mol. The third-order valence-electron chi connectivity index (χ3n) is 3.71. The highest BCUT2D eigenvalue weighted by Gasteiger charge is 2.33. The SMILES string of the molecule is C=CC(=O)Nc1ncc(OC)c(C=CC2CCC(F)(F)CC2)n1. The maximum absolute atomic E-state index is 13.2. The van der Waals surface area contributed by atoms with Crippen LogP contribution in [0, 0.1) is 5.92 Å². The van der Waals surface area contributed by atoms with Crippen LogP contribution in [0.1, 0.15) is 31.4 Å². The molecule has 1 saturated carbocycles. The number of hydrogen-bond acceptors (Lipinski definition) is 4. The van der Waals surface area contributed by atoms with Gasteiger partial charge in [-0.3, -0.25) is 10.1 Å². The lowest BCUT2D eigenvalue weighted by atomic mass is 9.86. The Kier molecular flexibility index (Phi) is 5.41. The fourth-order valence-electron chi connectivity index (χ4n) is 2.36. The van der Waals surface area contributed by atoms with Crippen LogP contribution in [-0.4, -0.2) is 28.9 Å². The first-order valence-electron chi connectivity index (χ1n) is 7.34. The van der Waals surface area contributed by atoms with E-state index in [1.165, 1.54) is 13.3 Å². The minimum absolute atomic E-state index is 0.0838. The van der Waals surface area contributed by atoms with Gasteiger partial charge in [0.25, 0.3) is 0 Å². The molecule has 1 aromatic heterocycles. The highest BCUT2D eigenvalue weighted by atomic mass is 19.3. The van der Waals surface area contributed by atoms with Crippen molar-refractivity contribution >= 4 is 17.9 Å². The Labute approximate surface area is 133 Å². The summed E-state index contributed by atoms with van der Waals surface area (Å²) in [5, 5.41) is 2.46. The van der Waals surface area contributed by atoms with Crippen LogP contribution in [0.25, 0.3) is 6.08 Å². The van der Waals surface area contributed by atoms with Crippen molar-refractivity contribution in [3.63, 3.8) is 0 Å². The molecule has 0 aromatic carbocycles. The summed E-state index contributed by atoms with van der Waals surface area (Å²) in [5.74, 6) is -2.30. The van der Waals surface area contributed by atoms with Crippen molar-refractivity contribution in [2.24, 2.45) is 5.92 Å². The number of methoxy groups -OCH3 is 1. The first kappa shape index (κ1) is 17.1. The van der Waals surface area contributed by atoms with Gasteiger partial charge in [0.05, 0.1) is 13.3 Å². The first-order valence-corrected chi connectivity index (χ1v) is 7.34. The number of nitrogens with zero attached hydrogens (tertiary/aromatic N) is 2. The van der Waals surface area contributed by atoms with Crippen molar-refractivity contribution in [1.29, 1.82) is 0 Å². The molecule has 1 N–H and O–H groups in total. The smallest absolute Gasteiger partial charge is 0.250 e. The van der Waals surface area contributed by atoms with Gasteiger partial charge in [-0.1, -0.05) is 12.7 Å². The standard InChI is InChI=1S/C16H19F2N3O2/c1-3-14(22)21-15-19-10-13(23-2)12(20-15)5-4-11-6-8-16(17,18)9-7-11/h3-5,10-11H,1,6-9H2,2H3,(H,19,20,21,22). The molecule has 0 saturated heterocycles. The number of carbonyl (C=O) groups excluding carboxylic acids is 1. The Hall–Kier alpha value is -2.31. The monoisotopic (exact) mass is 323 g/mol. The van der Waals surface area contributed by atoms with E-state index in [4.69, 9.17) is 4.74 Å². The second-order valence-corrected chi connectivity index (χ2v) is 5.39. The molecule has 7 heteroatoms. The van der Waals surface area contributed by atoms with E-state index in [-0.39, 0.29) is 24.7 Å². The van der Waals surface area contributed by atoms with Crippen LogP contribution in [-0.2, 0) is 4.79 Å². The molecular formula is C16H19F2N3O2. The molecule has 0 unspecified atom stereocenters. The molecule has 1 aromatic rings. The van der Waals surface area contributed by atoms with Crippen molar-refractivity contribution in [2.75, 3.05) is 12.4 Å². The van der Waals surface area contributed by atoms with Crippen LogP contribution in [0.2, 0.25) is 0 Å². The van der Waals surface area contributed by atoms with Crippen molar-refractivity contribution in [1.82, 2.24) is 9.97 Å². The Morgan fingerprint density at radius 1 is 1.48 bits per heavy atom.